The molecule has 0 spiro atoms. The van der Waals surface area contributed by atoms with Crippen LogP contribution in [0.3, 0.4) is 0 Å². The Morgan fingerprint density at radius 1 is 1.30 bits per heavy atom. The molecule has 20 heavy (non-hydrogen) atoms. The van der Waals surface area contributed by atoms with Crippen molar-refractivity contribution in [2.45, 2.75) is 53.2 Å². The van der Waals surface area contributed by atoms with E-state index in [1.807, 2.05) is 13.8 Å². The van der Waals surface area contributed by atoms with Crippen molar-refractivity contribution in [3.63, 3.8) is 0 Å². The van der Waals surface area contributed by atoms with Crippen LogP contribution < -0.4 is 10.1 Å². The van der Waals surface area contributed by atoms with E-state index in [0.29, 0.717) is 17.7 Å². The molecule has 0 aliphatic heterocycles. The fourth-order valence-corrected chi connectivity index (χ4v) is 2.06. The van der Waals surface area contributed by atoms with E-state index >= 15 is 0 Å². The van der Waals surface area contributed by atoms with E-state index < -0.39 is 4.92 Å². The molecule has 0 radical (unpaired) electrons. The second kappa shape index (κ2) is 7.12. The molecule has 1 aromatic carbocycles. The second-order valence-corrected chi connectivity index (χ2v) is 5.51. The van der Waals surface area contributed by atoms with Gasteiger partial charge in [-0.1, -0.05) is 20.8 Å². The van der Waals surface area contributed by atoms with Gasteiger partial charge in [-0.15, -0.1) is 0 Å². The van der Waals surface area contributed by atoms with Gasteiger partial charge in [-0.05, 0) is 32.3 Å². The van der Waals surface area contributed by atoms with Crippen LogP contribution in [-0.2, 0) is 0 Å². The smallest absolute Gasteiger partial charge is 0.311 e. The maximum Gasteiger partial charge on any atom is 0.311 e. The number of benzene rings is 1. The standard InChI is InChI=1S/C15H24N2O3/c1-6-13(10(2)3)16-12-7-8-14(17(18)19)15(9-12)20-11(4)5/h7-11,13,16H,6H2,1-5H3. The topological polar surface area (TPSA) is 64.4 Å². The molecule has 5 nitrogen and oxygen atoms in total. The van der Waals surface area contributed by atoms with Crippen LogP contribution in [0.1, 0.15) is 41.0 Å². The number of nitro groups is 1. The van der Waals surface area contributed by atoms with Gasteiger partial charge in [0.25, 0.3) is 0 Å². The van der Waals surface area contributed by atoms with Gasteiger partial charge >= 0.3 is 5.69 Å². The highest BCUT2D eigenvalue weighted by atomic mass is 16.6. The maximum absolute atomic E-state index is 11.0. The molecule has 0 saturated carbocycles. The van der Waals surface area contributed by atoms with Crippen LogP contribution in [0.25, 0.3) is 0 Å². The maximum atomic E-state index is 11.0. The average Bonchev–Trinajstić information content (AvgIpc) is 2.34. The van der Waals surface area contributed by atoms with Crippen LogP contribution >= 0.6 is 0 Å². The Bertz CT molecular complexity index is 458. The van der Waals surface area contributed by atoms with E-state index in [0.717, 1.165) is 12.1 Å². The van der Waals surface area contributed by atoms with Gasteiger partial charge in [0, 0.05) is 23.9 Å². The third kappa shape index (κ3) is 4.40. The average molecular weight is 280 g/mol. The zero-order valence-electron chi connectivity index (χ0n) is 12.8. The Balaban J connectivity index is 3.02. The first kappa shape index (κ1) is 16.3. The van der Waals surface area contributed by atoms with Crippen LogP contribution in [0.2, 0.25) is 0 Å². The minimum Gasteiger partial charge on any atom is -0.484 e. The third-order valence-electron chi connectivity index (χ3n) is 3.12. The molecule has 1 N–H and O–H groups in total. The van der Waals surface area contributed by atoms with Crippen molar-refractivity contribution in [1.29, 1.82) is 0 Å². The monoisotopic (exact) mass is 280 g/mol. The summed E-state index contributed by atoms with van der Waals surface area (Å²) in [6, 6.07) is 5.27. The van der Waals surface area contributed by atoms with Crippen molar-refractivity contribution in [3.8, 4) is 5.75 Å². The first-order valence-electron chi connectivity index (χ1n) is 7.06. The van der Waals surface area contributed by atoms with Crippen molar-refractivity contribution >= 4 is 11.4 Å². The molecule has 0 heterocycles. The van der Waals surface area contributed by atoms with Crippen LogP contribution in [0.15, 0.2) is 18.2 Å². The summed E-state index contributed by atoms with van der Waals surface area (Å²) in [4.78, 5) is 10.6. The lowest BCUT2D eigenvalue weighted by molar-refractivity contribution is -0.386. The molecule has 0 saturated heterocycles. The Labute approximate surface area is 120 Å². The van der Waals surface area contributed by atoms with Gasteiger partial charge in [-0.25, -0.2) is 0 Å². The van der Waals surface area contributed by atoms with E-state index in [2.05, 4.69) is 26.1 Å². The van der Waals surface area contributed by atoms with Gasteiger partial charge in [-0.3, -0.25) is 10.1 Å². The van der Waals surface area contributed by atoms with Gasteiger partial charge in [0.05, 0.1) is 11.0 Å². The van der Waals surface area contributed by atoms with Gasteiger partial charge in [-0.2, -0.15) is 0 Å². The molecule has 5 heteroatoms. The SMILES string of the molecule is CCC(Nc1ccc([N+](=O)[O-])c(OC(C)C)c1)C(C)C. The first-order chi connectivity index (χ1) is 9.35. The van der Waals surface area contributed by atoms with Crippen LogP contribution in [0, 0.1) is 16.0 Å². The number of nitrogens with zero attached hydrogens (tertiary/aromatic N) is 1. The fraction of sp³-hybridized carbons (Fsp3) is 0.600. The summed E-state index contributed by atoms with van der Waals surface area (Å²) in [5.74, 6) is 0.804. The number of rotatable bonds is 7. The Morgan fingerprint density at radius 3 is 2.40 bits per heavy atom. The lowest BCUT2D eigenvalue weighted by Gasteiger charge is -2.22. The van der Waals surface area contributed by atoms with Crippen LogP contribution in [0.5, 0.6) is 5.75 Å². The lowest BCUT2D eigenvalue weighted by Crippen LogP contribution is -2.24. The van der Waals surface area contributed by atoms with E-state index in [4.69, 9.17) is 4.74 Å². The van der Waals surface area contributed by atoms with Crippen molar-refractivity contribution < 1.29 is 9.66 Å². The zero-order valence-corrected chi connectivity index (χ0v) is 12.8. The summed E-state index contributed by atoms with van der Waals surface area (Å²) in [6.45, 7) is 10.1. The van der Waals surface area contributed by atoms with Crippen molar-refractivity contribution in [3.05, 3.63) is 28.3 Å². The highest BCUT2D eigenvalue weighted by molar-refractivity contribution is 5.58. The summed E-state index contributed by atoms with van der Waals surface area (Å²) in [5, 5.41) is 14.4. The molecule has 1 rings (SSSR count). The highest BCUT2D eigenvalue weighted by Crippen LogP contribution is 2.31. The first-order valence-corrected chi connectivity index (χ1v) is 7.06. The van der Waals surface area contributed by atoms with E-state index in [-0.39, 0.29) is 11.8 Å². The second-order valence-electron chi connectivity index (χ2n) is 5.51. The summed E-state index contributed by atoms with van der Waals surface area (Å²) in [5.41, 5.74) is 0.855. The molecule has 1 atom stereocenters. The third-order valence-corrected chi connectivity index (χ3v) is 3.12. The summed E-state index contributed by atoms with van der Waals surface area (Å²) in [6.07, 6.45) is 0.894. The molecule has 0 bridgehead atoms. The Morgan fingerprint density at radius 2 is 1.95 bits per heavy atom. The van der Waals surface area contributed by atoms with Crippen molar-refractivity contribution in [2.24, 2.45) is 5.92 Å². The molecular formula is C15H24N2O3. The largest absolute Gasteiger partial charge is 0.484 e. The van der Waals surface area contributed by atoms with Gasteiger partial charge in [0.15, 0.2) is 5.75 Å². The van der Waals surface area contributed by atoms with Crippen molar-refractivity contribution in [2.75, 3.05) is 5.32 Å². The summed E-state index contributed by atoms with van der Waals surface area (Å²) < 4.78 is 5.54. The highest BCUT2D eigenvalue weighted by Gasteiger charge is 2.18. The Hall–Kier alpha value is -1.78. The number of anilines is 1. The quantitative estimate of drug-likeness (QED) is 0.599. The predicted molar refractivity (Wildman–Crippen MR) is 81.4 cm³/mol. The van der Waals surface area contributed by atoms with Crippen LogP contribution in [-0.4, -0.2) is 17.1 Å². The van der Waals surface area contributed by atoms with Crippen molar-refractivity contribution in [1.82, 2.24) is 0 Å². The molecule has 0 amide bonds. The predicted octanol–water partition coefficient (Wildman–Crippen LogP) is 4.23. The zero-order chi connectivity index (χ0) is 15.3. The molecule has 1 unspecified atom stereocenters. The minimum absolute atomic E-state index is 0.00171. The molecule has 0 aromatic heterocycles. The number of nitro benzene ring substituents is 1. The Kier molecular flexibility index (Phi) is 5.80. The van der Waals surface area contributed by atoms with E-state index in [1.165, 1.54) is 6.07 Å². The number of ether oxygens (including phenoxy) is 1. The molecule has 0 aliphatic carbocycles. The molecule has 112 valence electrons. The lowest BCUT2D eigenvalue weighted by atomic mass is 10.0. The van der Waals surface area contributed by atoms with E-state index in [9.17, 15) is 10.1 Å². The van der Waals surface area contributed by atoms with E-state index in [1.54, 1.807) is 12.1 Å². The number of hydrogen-bond donors (Lipinski definition) is 1. The minimum atomic E-state index is -0.415. The van der Waals surface area contributed by atoms with Gasteiger partial charge in [0.2, 0.25) is 0 Å². The molecule has 1 aromatic rings. The van der Waals surface area contributed by atoms with Crippen LogP contribution in [0.4, 0.5) is 11.4 Å². The van der Waals surface area contributed by atoms with Gasteiger partial charge < -0.3 is 10.1 Å². The summed E-state index contributed by atoms with van der Waals surface area (Å²) in [7, 11) is 0. The normalized spacial score (nSPS) is 12.6. The number of nitrogens with one attached hydrogen (secondary N) is 1. The molecule has 0 aliphatic rings. The number of hydrogen-bond acceptors (Lipinski definition) is 4. The fourth-order valence-electron chi connectivity index (χ4n) is 2.06. The van der Waals surface area contributed by atoms with Gasteiger partial charge in [0.1, 0.15) is 0 Å². The molecular weight excluding hydrogens is 256 g/mol. The molecule has 0 fully saturated rings. The summed E-state index contributed by atoms with van der Waals surface area (Å²) >= 11 is 0.